The number of ether oxygens (including phenoxy) is 1. The number of hydrogen-bond donors (Lipinski definition) is 2. The van der Waals surface area contributed by atoms with Crippen LogP contribution in [0.25, 0.3) is 0 Å². The monoisotopic (exact) mass is 311 g/mol. The molecule has 2 fully saturated rings. The second kappa shape index (κ2) is 6.47. The van der Waals surface area contributed by atoms with Crippen molar-refractivity contribution in [3.8, 4) is 0 Å². The van der Waals surface area contributed by atoms with Crippen molar-refractivity contribution >= 4 is 12.1 Å². The number of carbonyl (C=O) groups excluding carboxylic acids is 1. The largest absolute Gasteiger partial charge is 0.481 e. The quantitative estimate of drug-likeness (QED) is 0.786. The highest BCUT2D eigenvalue weighted by atomic mass is 16.6. The molecule has 2 saturated carbocycles. The summed E-state index contributed by atoms with van der Waals surface area (Å²) in [6, 6.07) is 0. The lowest BCUT2D eigenvalue weighted by Gasteiger charge is -2.32. The summed E-state index contributed by atoms with van der Waals surface area (Å²) in [4.78, 5) is 23.9. The Morgan fingerprint density at radius 3 is 2.18 bits per heavy atom. The van der Waals surface area contributed by atoms with Crippen LogP contribution in [-0.2, 0) is 9.53 Å². The molecule has 0 spiro atoms. The number of alkyl carbamates (subject to hydrolysis) is 1. The predicted octanol–water partition coefficient (Wildman–Crippen LogP) is 3.57. The number of hydrogen-bond acceptors (Lipinski definition) is 3. The van der Waals surface area contributed by atoms with Gasteiger partial charge in [-0.25, -0.2) is 4.79 Å². The van der Waals surface area contributed by atoms with Crippen molar-refractivity contribution in [3.63, 3.8) is 0 Å². The number of carbonyl (C=O) groups is 2. The Labute approximate surface area is 132 Å². The molecule has 0 heterocycles. The van der Waals surface area contributed by atoms with E-state index in [0.29, 0.717) is 12.3 Å². The van der Waals surface area contributed by atoms with Gasteiger partial charge in [-0.2, -0.15) is 0 Å². The first kappa shape index (κ1) is 17.1. The van der Waals surface area contributed by atoms with Crippen LogP contribution in [0.15, 0.2) is 0 Å². The van der Waals surface area contributed by atoms with Gasteiger partial charge in [-0.1, -0.05) is 25.7 Å². The van der Waals surface area contributed by atoms with Crippen LogP contribution in [0.5, 0.6) is 0 Å². The number of nitrogens with one attached hydrogen (secondary N) is 1. The van der Waals surface area contributed by atoms with Crippen LogP contribution in [0.2, 0.25) is 0 Å². The zero-order valence-electron chi connectivity index (χ0n) is 14.0. The minimum absolute atomic E-state index is 0.179. The van der Waals surface area contributed by atoms with E-state index in [9.17, 15) is 14.7 Å². The normalized spacial score (nSPS) is 22.1. The maximum Gasteiger partial charge on any atom is 0.407 e. The fraction of sp³-hybridized carbons (Fsp3) is 0.882. The molecule has 0 radical (unpaired) electrons. The van der Waals surface area contributed by atoms with E-state index in [2.05, 4.69) is 5.32 Å². The summed E-state index contributed by atoms with van der Waals surface area (Å²) in [5, 5.41) is 12.6. The maximum absolute atomic E-state index is 12.0. The van der Waals surface area contributed by atoms with E-state index in [1.54, 1.807) is 20.8 Å². The van der Waals surface area contributed by atoms with Gasteiger partial charge >= 0.3 is 12.1 Å². The van der Waals surface area contributed by atoms with Crippen LogP contribution in [0.3, 0.4) is 0 Å². The van der Waals surface area contributed by atoms with Crippen molar-refractivity contribution < 1.29 is 19.4 Å². The molecule has 0 bridgehead atoms. The molecule has 0 saturated heterocycles. The molecule has 2 N–H and O–H groups in total. The van der Waals surface area contributed by atoms with Gasteiger partial charge in [0.25, 0.3) is 0 Å². The summed E-state index contributed by atoms with van der Waals surface area (Å²) in [5.41, 5.74) is -1.38. The summed E-state index contributed by atoms with van der Waals surface area (Å²) >= 11 is 0. The van der Waals surface area contributed by atoms with Gasteiger partial charge in [0.2, 0.25) is 0 Å². The van der Waals surface area contributed by atoms with Gasteiger partial charge in [-0.3, -0.25) is 4.79 Å². The predicted molar refractivity (Wildman–Crippen MR) is 83.6 cm³/mol. The second-order valence-corrected chi connectivity index (χ2v) is 7.95. The van der Waals surface area contributed by atoms with E-state index in [-0.39, 0.29) is 12.5 Å². The van der Waals surface area contributed by atoms with Crippen LogP contribution >= 0.6 is 0 Å². The molecule has 2 aliphatic rings. The molecule has 0 aliphatic heterocycles. The van der Waals surface area contributed by atoms with Crippen molar-refractivity contribution in [2.75, 3.05) is 6.54 Å². The van der Waals surface area contributed by atoms with Gasteiger partial charge in [0.05, 0.1) is 5.41 Å². The molecule has 1 unspecified atom stereocenters. The Morgan fingerprint density at radius 1 is 1.14 bits per heavy atom. The first-order valence-corrected chi connectivity index (χ1v) is 8.43. The Morgan fingerprint density at radius 2 is 1.73 bits per heavy atom. The lowest BCUT2D eigenvalue weighted by atomic mass is 9.74. The molecule has 5 nitrogen and oxygen atoms in total. The van der Waals surface area contributed by atoms with Crippen LogP contribution in [0, 0.1) is 17.3 Å². The first-order valence-electron chi connectivity index (χ1n) is 8.43. The van der Waals surface area contributed by atoms with Gasteiger partial charge in [0, 0.05) is 6.54 Å². The van der Waals surface area contributed by atoms with Gasteiger partial charge in [-0.15, -0.1) is 0 Å². The van der Waals surface area contributed by atoms with Gasteiger partial charge in [-0.05, 0) is 51.9 Å². The second-order valence-electron chi connectivity index (χ2n) is 7.95. The Kier molecular flexibility index (Phi) is 5.03. The average molecular weight is 311 g/mol. The minimum atomic E-state index is -0.814. The molecule has 1 atom stereocenters. The lowest BCUT2D eigenvalue weighted by Crippen LogP contribution is -2.47. The molecule has 2 rings (SSSR count). The van der Waals surface area contributed by atoms with E-state index in [1.165, 1.54) is 12.8 Å². The zero-order valence-corrected chi connectivity index (χ0v) is 14.0. The van der Waals surface area contributed by atoms with Crippen LogP contribution in [-0.4, -0.2) is 29.3 Å². The average Bonchev–Trinajstić information content (AvgIpc) is 3.11. The summed E-state index contributed by atoms with van der Waals surface area (Å²) in [5.74, 6) is -0.0874. The number of carboxylic acid groups (broad SMARTS) is 1. The van der Waals surface area contributed by atoms with Gasteiger partial charge < -0.3 is 15.2 Å². The smallest absolute Gasteiger partial charge is 0.407 e. The van der Waals surface area contributed by atoms with Crippen LogP contribution < -0.4 is 5.32 Å². The molecule has 0 aromatic heterocycles. The zero-order chi connectivity index (χ0) is 16.4. The van der Waals surface area contributed by atoms with Crippen molar-refractivity contribution in [3.05, 3.63) is 0 Å². The fourth-order valence-corrected chi connectivity index (χ4v) is 3.63. The number of aliphatic carboxylic acids is 1. The number of carboxylic acids is 1. The third-order valence-electron chi connectivity index (χ3n) is 4.86. The highest BCUT2D eigenvalue weighted by molar-refractivity contribution is 5.77. The van der Waals surface area contributed by atoms with Crippen molar-refractivity contribution in [1.29, 1.82) is 0 Å². The molecule has 126 valence electrons. The van der Waals surface area contributed by atoms with E-state index < -0.39 is 23.1 Å². The Hall–Kier alpha value is -1.26. The van der Waals surface area contributed by atoms with E-state index >= 15 is 0 Å². The van der Waals surface area contributed by atoms with Crippen molar-refractivity contribution in [2.45, 2.75) is 71.3 Å². The molecule has 0 aromatic carbocycles. The van der Waals surface area contributed by atoms with Crippen molar-refractivity contribution in [1.82, 2.24) is 5.32 Å². The number of amides is 1. The standard InChI is InChI=1S/C17H29NO4/c1-16(2,3)22-15(21)18-11-17(14(19)20,13-8-9-13)10-12-6-4-5-7-12/h12-13H,4-11H2,1-3H3,(H,18,21)(H,19,20). The first-order chi connectivity index (χ1) is 10.2. The molecule has 2 aliphatic carbocycles. The lowest BCUT2D eigenvalue weighted by molar-refractivity contribution is -0.151. The van der Waals surface area contributed by atoms with Crippen LogP contribution in [0.4, 0.5) is 4.79 Å². The molecule has 22 heavy (non-hydrogen) atoms. The number of rotatable bonds is 6. The topological polar surface area (TPSA) is 75.6 Å². The summed E-state index contributed by atoms with van der Waals surface area (Å²) < 4.78 is 5.24. The van der Waals surface area contributed by atoms with Crippen molar-refractivity contribution in [2.24, 2.45) is 17.3 Å². The van der Waals surface area contributed by atoms with E-state index in [4.69, 9.17) is 4.74 Å². The Balaban J connectivity index is 2.01. The molecule has 1 amide bonds. The highest BCUT2D eigenvalue weighted by Crippen LogP contribution is 2.51. The SMILES string of the molecule is CC(C)(C)OC(=O)NCC(CC1CCCC1)(C(=O)O)C1CC1. The highest BCUT2D eigenvalue weighted by Gasteiger charge is 2.52. The minimum Gasteiger partial charge on any atom is -0.481 e. The molecule has 5 heteroatoms. The van der Waals surface area contributed by atoms with Gasteiger partial charge in [0.15, 0.2) is 0 Å². The third-order valence-corrected chi connectivity index (χ3v) is 4.86. The third kappa shape index (κ3) is 4.37. The van der Waals surface area contributed by atoms with Crippen LogP contribution in [0.1, 0.15) is 65.7 Å². The summed E-state index contributed by atoms with van der Waals surface area (Å²) in [7, 11) is 0. The molecular weight excluding hydrogens is 282 g/mol. The fourth-order valence-electron chi connectivity index (χ4n) is 3.63. The Bertz CT molecular complexity index is 419. The van der Waals surface area contributed by atoms with E-state index in [1.807, 2.05) is 0 Å². The van der Waals surface area contributed by atoms with Gasteiger partial charge in [0.1, 0.15) is 5.60 Å². The van der Waals surface area contributed by atoms with E-state index in [0.717, 1.165) is 25.7 Å². The molecular formula is C17H29NO4. The summed E-state index contributed by atoms with van der Waals surface area (Å²) in [6.07, 6.45) is 6.70. The molecule has 0 aromatic rings. The maximum atomic E-state index is 12.0. The summed E-state index contributed by atoms with van der Waals surface area (Å²) in [6.45, 7) is 5.59.